The molecule has 1 atom stereocenters. The van der Waals surface area contributed by atoms with Crippen molar-refractivity contribution >= 4 is 5.96 Å². The highest BCUT2D eigenvalue weighted by molar-refractivity contribution is 5.79. The molecule has 0 amide bonds. The zero-order valence-electron chi connectivity index (χ0n) is 17.5. The molecular weight excluding hydrogens is 334 g/mol. The van der Waals surface area contributed by atoms with Gasteiger partial charge in [0, 0.05) is 46.3 Å². The second kappa shape index (κ2) is 10.1. The van der Waals surface area contributed by atoms with E-state index >= 15 is 0 Å². The molecule has 0 aliphatic carbocycles. The van der Waals surface area contributed by atoms with E-state index < -0.39 is 0 Å². The van der Waals surface area contributed by atoms with Crippen molar-refractivity contribution in [1.82, 2.24) is 20.0 Å². The van der Waals surface area contributed by atoms with Crippen LogP contribution in [0.4, 0.5) is 0 Å². The molecule has 27 heavy (non-hydrogen) atoms. The lowest BCUT2D eigenvalue weighted by molar-refractivity contribution is 0.266. The highest BCUT2D eigenvalue weighted by Crippen LogP contribution is 2.16. The summed E-state index contributed by atoms with van der Waals surface area (Å²) < 4.78 is 0. The maximum atomic E-state index is 4.49. The topological polar surface area (TPSA) is 34.1 Å². The summed E-state index contributed by atoms with van der Waals surface area (Å²) in [6, 6.07) is 9.10. The number of rotatable bonds is 4. The van der Waals surface area contributed by atoms with Crippen LogP contribution in [0.3, 0.4) is 0 Å². The highest BCUT2D eigenvalue weighted by Gasteiger charge is 2.19. The molecule has 1 N–H and O–H groups in total. The van der Waals surface area contributed by atoms with E-state index in [-0.39, 0.29) is 0 Å². The summed E-state index contributed by atoms with van der Waals surface area (Å²) in [5.41, 5.74) is 2.73. The number of piperidine rings is 1. The third-order valence-electron chi connectivity index (χ3n) is 5.86. The van der Waals surface area contributed by atoms with Crippen molar-refractivity contribution in [2.24, 2.45) is 10.9 Å². The lowest BCUT2D eigenvalue weighted by atomic mass is 10.0. The molecule has 1 unspecified atom stereocenters. The van der Waals surface area contributed by atoms with Crippen molar-refractivity contribution in [3.05, 3.63) is 35.4 Å². The molecule has 1 aromatic carbocycles. The molecule has 0 aromatic heterocycles. The van der Waals surface area contributed by atoms with E-state index in [0.29, 0.717) is 0 Å². The molecule has 3 rings (SSSR count). The van der Waals surface area contributed by atoms with Crippen LogP contribution in [0.25, 0.3) is 0 Å². The van der Waals surface area contributed by atoms with E-state index in [4.69, 9.17) is 0 Å². The quantitative estimate of drug-likeness (QED) is 0.652. The molecule has 0 bridgehead atoms. The zero-order valence-corrected chi connectivity index (χ0v) is 17.5. The van der Waals surface area contributed by atoms with E-state index in [1.54, 1.807) is 0 Å². The smallest absolute Gasteiger partial charge is 0.193 e. The summed E-state index contributed by atoms with van der Waals surface area (Å²) in [6.07, 6.45) is 3.87. The molecule has 2 aliphatic rings. The number of guanidine groups is 1. The Labute approximate surface area is 165 Å². The Kier molecular flexibility index (Phi) is 7.53. The second-order valence-electron chi connectivity index (χ2n) is 8.34. The Hall–Kier alpha value is -1.59. The van der Waals surface area contributed by atoms with E-state index in [0.717, 1.165) is 38.1 Å². The fourth-order valence-corrected chi connectivity index (χ4v) is 4.17. The summed E-state index contributed by atoms with van der Waals surface area (Å²) in [7, 11) is 4.12. The van der Waals surface area contributed by atoms with Crippen LogP contribution in [0, 0.1) is 5.92 Å². The highest BCUT2D eigenvalue weighted by atomic mass is 15.3. The molecule has 5 nitrogen and oxygen atoms in total. The number of benzene rings is 1. The Morgan fingerprint density at radius 3 is 2.56 bits per heavy atom. The van der Waals surface area contributed by atoms with Gasteiger partial charge in [-0.25, -0.2) is 0 Å². The van der Waals surface area contributed by atoms with Gasteiger partial charge in [0.1, 0.15) is 0 Å². The molecule has 1 aromatic rings. The first-order chi connectivity index (χ1) is 13.1. The molecule has 2 aliphatic heterocycles. The Morgan fingerprint density at radius 2 is 1.81 bits per heavy atom. The largest absolute Gasteiger partial charge is 0.352 e. The molecule has 0 spiro atoms. The first kappa shape index (κ1) is 20.2. The van der Waals surface area contributed by atoms with Crippen LogP contribution in [0.1, 0.15) is 37.3 Å². The van der Waals surface area contributed by atoms with Gasteiger partial charge in [-0.05, 0) is 56.4 Å². The van der Waals surface area contributed by atoms with Gasteiger partial charge in [0.05, 0.1) is 0 Å². The Morgan fingerprint density at radius 1 is 1.04 bits per heavy atom. The van der Waals surface area contributed by atoms with E-state index in [2.05, 4.69) is 63.2 Å². The minimum absolute atomic E-state index is 0.760. The number of nitrogens with one attached hydrogen (secondary N) is 1. The standard InChI is InChI=1S/C22H37N5/c1-19-6-4-13-27(17-19)22(23-2)24-16-20-7-9-21(10-8-20)18-26-12-5-11-25(3)14-15-26/h7-10,19H,4-6,11-18H2,1-3H3,(H,23,24). The van der Waals surface area contributed by atoms with Crippen LogP contribution < -0.4 is 5.32 Å². The van der Waals surface area contributed by atoms with Crippen LogP contribution in [-0.4, -0.2) is 74.0 Å². The Balaban J connectivity index is 1.48. The van der Waals surface area contributed by atoms with Crippen molar-refractivity contribution in [2.75, 3.05) is 53.4 Å². The number of aliphatic imine (C=N–C) groups is 1. The fraction of sp³-hybridized carbons (Fsp3) is 0.682. The van der Waals surface area contributed by atoms with Gasteiger partial charge in [-0.1, -0.05) is 31.2 Å². The summed E-state index contributed by atoms with van der Waals surface area (Å²) in [5, 5.41) is 3.55. The maximum absolute atomic E-state index is 4.49. The van der Waals surface area contributed by atoms with Gasteiger partial charge in [-0.15, -0.1) is 0 Å². The predicted octanol–water partition coefficient (Wildman–Crippen LogP) is 2.63. The normalized spacial score (nSPS) is 23.3. The lowest BCUT2D eigenvalue weighted by Crippen LogP contribution is -2.45. The van der Waals surface area contributed by atoms with Crippen molar-refractivity contribution in [2.45, 2.75) is 39.3 Å². The predicted molar refractivity (Wildman–Crippen MR) is 114 cm³/mol. The van der Waals surface area contributed by atoms with Crippen molar-refractivity contribution in [1.29, 1.82) is 0 Å². The van der Waals surface area contributed by atoms with Crippen molar-refractivity contribution in [3.8, 4) is 0 Å². The number of hydrogen-bond donors (Lipinski definition) is 1. The number of nitrogens with zero attached hydrogens (tertiary/aromatic N) is 4. The average molecular weight is 372 g/mol. The van der Waals surface area contributed by atoms with Crippen LogP contribution in [0.2, 0.25) is 0 Å². The molecule has 0 saturated carbocycles. The molecule has 150 valence electrons. The van der Waals surface area contributed by atoms with Crippen molar-refractivity contribution < 1.29 is 0 Å². The molecule has 0 radical (unpaired) electrons. The van der Waals surface area contributed by atoms with Gasteiger partial charge < -0.3 is 15.1 Å². The molecule has 2 heterocycles. The van der Waals surface area contributed by atoms with Gasteiger partial charge in [-0.3, -0.25) is 9.89 Å². The fourth-order valence-electron chi connectivity index (χ4n) is 4.17. The molecular formula is C22H37N5. The van der Waals surface area contributed by atoms with Crippen molar-refractivity contribution in [3.63, 3.8) is 0 Å². The summed E-state index contributed by atoms with van der Waals surface area (Å²) in [5.74, 6) is 1.80. The third-order valence-corrected chi connectivity index (χ3v) is 5.86. The van der Waals surface area contributed by atoms with E-state index in [1.807, 2.05) is 7.05 Å². The van der Waals surface area contributed by atoms with E-state index in [9.17, 15) is 0 Å². The summed E-state index contributed by atoms with van der Waals surface area (Å²) in [6.45, 7) is 11.2. The van der Waals surface area contributed by atoms with Gasteiger partial charge in [0.15, 0.2) is 5.96 Å². The molecule has 2 saturated heterocycles. The van der Waals surface area contributed by atoms with Gasteiger partial charge in [-0.2, -0.15) is 0 Å². The first-order valence-electron chi connectivity index (χ1n) is 10.6. The minimum Gasteiger partial charge on any atom is -0.352 e. The number of hydrogen-bond acceptors (Lipinski definition) is 3. The third kappa shape index (κ3) is 6.22. The number of likely N-dealkylation sites (N-methyl/N-ethyl adjacent to an activating group) is 1. The van der Waals surface area contributed by atoms with E-state index in [1.165, 1.54) is 56.6 Å². The summed E-state index contributed by atoms with van der Waals surface area (Å²) in [4.78, 5) is 11.9. The second-order valence-corrected chi connectivity index (χ2v) is 8.34. The Bertz CT molecular complexity index is 597. The maximum Gasteiger partial charge on any atom is 0.193 e. The van der Waals surface area contributed by atoms with Crippen LogP contribution in [0.15, 0.2) is 29.3 Å². The van der Waals surface area contributed by atoms with Crippen LogP contribution in [-0.2, 0) is 13.1 Å². The molecule has 5 heteroatoms. The number of likely N-dealkylation sites (tertiary alicyclic amines) is 1. The van der Waals surface area contributed by atoms with Gasteiger partial charge >= 0.3 is 0 Å². The van der Waals surface area contributed by atoms with Crippen LogP contribution >= 0.6 is 0 Å². The monoisotopic (exact) mass is 371 g/mol. The SMILES string of the molecule is CN=C(NCc1ccc(CN2CCCN(C)CC2)cc1)N1CCCC(C)C1. The summed E-state index contributed by atoms with van der Waals surface area (Å²) >= 11 is 0. The van der Waals surface area contributed by atoms with Crippen LogP contribution in [0.5, 0.6) is 0 Å². The lowest BCUT2D eigenvalue weighted by Gasteiger charge is -2.33. The molecule has 2 fully saturated rings. The van der Waals surface area contributed by atoms with Gasteiger partial charge in [0.25, 0.3) is 0 Å². The zero-order chi connectivity index (χ0) is 19.1. The minimum atomic E-state index is 0.760. The van der Waals surface area contributed by atoms with Gasteiger partial charge in [0.2, 0.25) is 0 Å². The first-order valence-corrected chi connectivity index (χ1v) is 10.6. The average Bonchev–Trinajstić information content (AvgIpc) is 2.88.